The van der Waals surface area contributed by atoms with Gasteiger partial charge in [0, 0.05) is 0 Å². The standard InChI is InChI=1S/C29H28N2O4/c1-3-34-28-17-22(19-30-31-29(32)18-21-11-14-25(33-2)15-12-21)13-16-27(28)35-20-24-9-6-8-23-7-4-5-10-26(23)24/h4-17,19H,3,18,20H2,1-2H3,(H,31,32)/b30-19+. The first-order valence-electron chi connectivity index (χ1n) is 11.5. The lowest BCUT2D eigenvalue weighted by Crippen LogP contribution is -2.19. The Kier molecular flexibility index (Phi) is 7.96. The Hall–Kier alpha value is -4.32. The second-order valence-electron chi connectivity index (χ2n) is 7.88. The number of nitrogens with zero attached hydrogens (tertiary/aromatic N) is 1. The molecular formula is C29H28N2O4. The van der Waals surface area contributed by atoms with Crippen LogP contribution in [0.5, 0.6) is 17.2 Å². The van der Waals surface area contributed by atoms with Crippen LogP contribution in [0.2, 0.25) is 0 Å². The van der Waals surface area contributed by atoms with Crippen LogP contribution in [0.25, 0.3) is 10.8 Å². The van der Waals surface area contributed by atoms with Gasteiger partial charge < -0.3 is 14.2 Å². The minimum absolute atomic E-state index is 0.202. The number of ether oxygens (including phenoxy) is 3. The Labute approximate surface area is 205 Å². The number of methoxy groups -OCH3 is 1. The first-order chi connectivity index (χ1) is 17.2. The number of hydrogen-bond donors (Lipinski definition) is 1. The quantitative estimate of drug-likeness (QED) is 0.246. The number of hydrogen-bond acceptors (Lipinski definition) is 5. The maximum atomic E-state index is 12.2. The zero-order chi connectivity index (χ0) is 24.5. The third-order valence-electron chi connectivity index (χ3n) is 5.46. The van der Waals surface area contributed by atoms with Crippen molar-refractivity contribution in [2.75, 3.05) is 13.7 Å². The molecule has 4 aromatic rings. The Bertz CT molecular complexity index is 1310. The molecule has 0 atom stereocenters. The van der Waals surface area contributed by atoms with Crippen molar-refractivity contribution in [2.45, 2.75) is 20.0 Å². The van der Waals surface area contributed by atoms with E-state index in [0.29, 0.717) is 24.7 Å². The van der Waals surface area contributed by atoms with Gasteiger partial charge in [0.2, 0.25) is 5.91 Å². The second-order valence-corrected chi connectivity index (χ2v) is 7.88. The van der Waals surface area contributed by atoms with Gasteiger partial charge in [-0.2, -0.15) is 5.10 Å². The maximum Gasteiger partial charge on any atom is 0.244 e. The van der Waals surface area contributed by atoms with Crippen molar-refractivity contribution in [1.82, 2.24) is 5.43 Å². The van der Waals surface area contributed by atoms with Crippen LogP contribution in [0.4, 0.5) is 0 Å². The van der Waals surface area contributed by atoms with Gasteiger partial charge in [-0.05, 0) is 64.7 Å². The molecule has 0 bridgehead atoms. The van der Waals surface area contributed by atoms with Crippen LogP contribution in [0.3, 0.4) is 0 Å². The van der Waals surface area contributed by atoms with Gasteiger partial charge in [-0.3, -0.25) is 4.79 Å². The highest BCUT2D eigenvalue weighted by molar-refractivity contribution is 5.86. The molecule has 35 heavy (non-hydrogen) atoms. The van der Waals surface area contributed by atoms with E-state index in [0.717, 1.165) is 22.4 Å². The van der Waals surface area contributed by atoms with E-state index in [1.165, 1.54) is 10.8 Å². The molecule has 4 rings (SSSR count). The fourth-order valence-corrected chi connectivity index (χ4v) is 3.71. The molecular weight excluding hydrogens is 440 g/mol. The predicted octanol–water partition coefficient (Wildman–Crippen LogP) is 5.52. The zero-order valence-electron chi connectivity index (χ0n) is 19.9. The summed E-state index contributed by atoms with van der Waals surface area (Å²) >= 11 is 0. The lowest BCUT2D eigenvalue weighted by molar-refractivity contribution is -0.120. The molecule has 0 unspecified atom stereocenters. The van der Waals surface area contributed by atoms with Crippen molar-refractivity contribution >= 4 is 22.9 Å². The molecule has 1 amide bonds. The molecule has 4 aromatic carbocycles. The molecule has 0 spiro atoms. The molecule has 0 aliphatic rings. The number of rotatable bonds is 10. The largest absolute Gasteiger partial charge is 0.497 e. The molecule has 0 saturated heterocycles. The van der Waals surface area contributed by atoms with Gasteiger partial charge in [0.15, 0.2) is 11.5 Å². The van der Waals surface area contributed by atoms with Crippen LogP contribution in [0.15, 0.2) is 90.0 Å². The van der Waals surface area contributed by atoms with Crippen molar-refractivity contribution in [3.63, 3.8) is 0 Å². The molecule has 0 heterocycles. The summed E-state index contributed by atoms with van der Waals surface area (Å²) in [5, 5.41) is 6.43. The molecule has 1 N–H and O–H groups in total. The third kappa shape index (κ3) is 6.38. The average Bonchev–Trinajstić information content (AvgIpc) is 2.89. The van der Waals surface area contributed by atoms with Crippen LogP contribution >= 0.6 is 0 Å². The van der Waals surface area contributed by atoms with Crippen LogP contribution in [-0.2, 0) is 17.8 Å². The van der Waals surface area contributed by atoms with E-state index < -0.39 is 0 Å². The van der Waals surface area contributed by atoms with Crippen molar-refractivity contribution in [1.29, 1.82) is 0 Å². The smallest absolute Gasteiger partial charge is 0.244 e. The van der Waals surface area contributed by atoms with Crippen LogP contribution in [0.1, 0.15) is 23.6 Å². The van der Waals surface area contributed by atoms with Gasteiger partial charge in [0.05, 0.1) is 26.4 Å². The van der Waals surface area contributed by atoms with Crippen molar-refractivity contribution in [2.24, 2.45) is 5.10 Å². The van der Waals surface area contributed by atoms with Gasteiger partial charge in [-0.25, -0.2) is 5.43 Å². The van der Waals surface area contributed by atoms with E-state index >= 15 is 0 Å². The van der Waals surface area contributed by atoms with E-state index in [-0.39, 0.29) is 12.3 Å². The lowest BCUT2D eigenvalue weighted by Gasteiger charge is -2.13. The Morgan fingerprint density at radius 3 is 2.51 bits per heavy atom. The normalized spacial score (nSPS) is 10.9. The molecule has 0 aliphatic carbocycles. The second kappa shape index (κ2) is 11.7. The van der Waals surface area contributed by atoms with Crippen LogP contribution in [0, 0.1) is 0 Å². The summed E-state index contributed by atoms with van der Waals surface area (Å²) in [6.07, 6.45) is 1.81. The molecule has 0 fully saturated rings. The molecule has 6 heteroatoms. The molecule has 178 valence electrons. The van der Waals surface area contributed by atoms with E-state index in [1.807, 2.05) is 67.6 Å². The van der Waals surface area contributed by atoms with E-state index in [4.69, 9.17) is 14.2 Å². The summed E-state index contributed by atoms with van der Waals surface area (Å²) in [5.74, 6) is 1.83. The van der Waals surface area contributed by atoms with Gasteiger partial charge in [-0.15, -0.1) is 0 Å². The summed E-state index contributed by atoms with van der Waals surface area (Å²) in [6.45, 7) is 2.86. The number of benzene rings is 4. The Morgan fingerprint density at radius 2 is 1.71 bits per heavy atom. The fraction of sp³-hybridized carbons (Fsp3) is 0.172. The number of fused-ring (bicyclic) bond motifs is 1. The molecule has 0 radical (unpaired) electrons. The third-order valence-corrected chi connectivity index (χ3v) is 5.46. The highest BCUT2D eigenvalue weighted by atomic mass is 16.5. The van der Waals surface area contributed by atoms with Crippen LogP contribution in [-0.4, -0.2) is 25.8 Å². The Balaban J connectivity index is 1.39. The summed E-state index contributed by atoms with van der Waals surface area (Å²) in [7, 11) is 1.61. The number of nitrogens with one attached hydrogen (secondary N) is 1. The van der Waals surface area contributed by atoms with Crippen molar-refractivity contribution in [3.05, 3.63) is 102 Å². The van der Waals surface area contributed by atoms with E-state index in [9.17, 15) is 4.79 Å². The molecule has 0 aliphatic heterocycles. The topological polar surface area (TPSA) is 69.2 Å². The van der Waals surface area contributed by atoms with Gasteiger partial charge >= 0.3 is 0 Å². The molecule has 6 nitrogen and oxygen atoms in total. The zero-order valence-corrected chi connectivity index (χ0v) is 19.9. The highest BCUT2D eigenvalue weighted by Crippen LogP contribution is 2.30. The summed E-state index contributed by atoms with van der Waals surface area (Å²) in [6, 6.07) is 27.4. The van der Waals surface area contributed by atoms with Gasteiger partial charge in [0.1, 0.15) is 12.4 Å². The minimum Gasteiger partial charge on any atom is -0.497 e. The number of carbonyl (C=O) groups excluding carboxylic acids is 1. The SMILES string of the molecule is CCOc1cc(/C=N/NC(=O)Cc2ccc(OC)cc2)ccc1OCc1cccc2ccccc12. The van der Waals surface area contributed by atoms with E-state index in [2.05, 4.69) is 34.8 Å². The first-order valence-corrected chi connectivity index (χ1v) is 11.5. The predicted molar refractivity (Wildman–Crippen MR) is 138 cm³/mol. The van der Waals surface area contributed by atoms with E-state index in [1.54, 1.807) is 13.3 Å². The molecule has 0 saturated carbocycles. The van der Waals surface area contributed by atoms with Crippen molar-refractivity contribution < 1.29 is 19.0 Å². The summed E-state index contributed by atoms with van der Waals surface area (Å²) in [5.41, 5.74) is 5.34. The van der Waals surface area contributed by atoms with Crippen LogP contribution < -0.4 is 19.6 Å². The highest BCUT2D eigenvalue weighted by Gasteiger charge is 2.08. The number of amides is 1. The maximum absolute atomic E-state index is 12.2. The van der Waals surface area contributed by atoms with Gasteiger partial charge in [-0.1, -0.05) is 54.6 Å². The van der Waals surface area contributed by atoms with Gasteiger partial charge in [0.25, 0.3) is 0 Å². The lowest BCUT2D eigenvalue weighted by atomic mass is 10.1. The minimum atomic E-state index is -0.202. The summed E-state index contributed by atoms with van der Waals surface area (Å²) in [4.78, 5) is 12.2. The average molecular weight is 469 g/mol. The first kappa shape index (κ1) is 23.8. The number of carbonyl (C=O) groups is 1. The summed E-state index contributed by atoms with van der Waals surface area (Å²) < 4.78 is 17.0. The molecule has 0 aromatic heterocycles. The fourth-order valence-electron chi connectivity index (χ4n) is 3.71. The monoisotopic (exact) mass is 468 g/mol. The number of hydrazone groups is 1. The van der Waals surface area contributed by atoms with Crippen molar-refractivity contribution in [3.8, 4) is 17.2 Å². The Morgan fingerprint density at radius 1 is 0.914 bits per heavy atom.